The van der Waals surface area contributed by atoms with E-state index in [4.69, 9.17) is 5.73 Å². The van der Waals surface area contributed by atoms with E-state index in [-0.39, 0.29) is 11.2 Å². The van der Waals surface area contributed by atoms with E-state index in [0.29, 0.717) is 22.2 Å². The molecule has 4 N–H and O–H groups in total. The number of hydrogen-bond acceptors (Lipinski definition) is 6. The van der Waals surface area contributed by atoms with Gasteiger partial charge < -0.3 is 20.9 Å². The molecular formula is C22H27F3N6O. The van der Waals surface area contributed by atoms with Gasteiger partial charge in [-0.3, -0.25) is 4.79 Å². The van der Waals surface area contributed by atoms with Gasteiger partial charge in [-0.1, -0.05) is 0 Å². The van der Waals surface area contributed by atoms with Gasteiger partial charge in [0.2, 0.25) is 0 Å². The molecule has 0 saturated carbocycles. The lowest BCUT2D eigenvalue weighted by Crippen LogP contribution is -2.28. The second kappa shape index (κ2) is 9.07. The van der Waals surface area contributed by atoms with Crippen LogP contribution in [-0.4, -0.2) is 49.3 Å². The second-order valence-corrected chi connectivity index (χ2v) is 8.11. The van der Waals surface area contributed by atoms with E-state index in [1.165, 1.54) is 6.07 Å². The molecule has 0 aliphatic rings. The number of nitrogens with one attached hydrogen (secondary N) is 2. The van der Waals surface area contributed by atoms with Crippen molar-refractivity contribution >= 4 is 28.0 Å². The van der Waals surface area contributed by atoms with Crippen LogP contribution in [0.3, 0.4) is 0 Å². The number of alkyl halides is 3. The van der Waals surface area contributed by atoms with Gasteiger partial charge in [0.15, 0.2) is 5.82 Å². The molecule has 0 spiro atoms. The van der Waals surface area contributed by atoms with Crippen molar-refractivity contribution in [2.45, 2.75) is 19.1 Å². The summed E-state index contributed by atoms with van der Waals surface area (Å²) in [4.78, 5) is 16.4. The van der Waals surface area contributed by atoms with Crippen LogP contribution in [0.2, 0.25) is 0 Å². The molecule has 0 unspecified atom stereocenters. The normalized spacial score (nSPS) is 12.9. The summed E-state index contributed by atoms with van der Waals surface area (Å²) >= 11 is 0. The van der Waals surface area contributed by atoms with Crippen LogP contribution < -0.4 is 21.5 Å². The lowest BCUT2D eigenvalue weighted by molar-refractivity contribution is -0.137. The standard InChI is InChI=1S/C22H27F3N6O/c1-13(14-9-15(22(23,24)25)11-16(26)10-14)27-20-19-12-17(31(4)8-7-30(2)3)5-6-18(19)21(32)29-28-20/h5-6,9-13H,7-8,26H2,1-4H3,(H,27,28)(H,29,32)/t13-/m1/s1. The topological polar surface area (TPSA) is 90.3 Å². The molecule has 1 atom stereocenters. The number of H-pyrrole nitrogens is 1. The highest BCUT2D eigenvalue weighted by molar-refractivity contribution is 5.93. The Kier molecular flexibility index (Phi) is 6.63. The highest BCUT2D eigenvalue weighted by Crippen LogP contribution is 2.34. The molecule has 3 rings (SSSR count). The minimum Gasteiger partial charge on any atom is -0.399 e. The third-order valence-corrected chi connectivity index (χ3v) is 5.25. The fourth-order valence-electron chi connectivity index (χ4n) is 3.36. The number of halogens is 3. The van der Waals surface area contributed by atoms with E-state index in [0.717, 1.165) is 30.9 Å². The van der Waals surface area contributed by atoms with Gasteiger partial charge in [0.05, 0.1) is 17.0 Å². The molecule has 10 heteroatoms. The van der Waals surface area contributed by atoms with Crippen LogP contribution in [0.25, 0.3) is 10.8 Å². The number of likely N-dealkylation sites (N-methyl/N-ethyl adjacent to an activating group) is 2. The number of hydrogen-bond donors (Lipinski definition) is 3. The third kappa shape index (κ3) is 5.31. The molecule has 0 aliphatic heterocycles. The first-order chi connectivity index (χ1) is 15.0. The summed E-state index contributed by atoms with van der Waals surface area (Å²) < 4.78 is 39.6. The third-order valence-electron chi connectivity index (χ3n) is 5.25. The van der Waals surface area contributed by atoms with Gasteiger partial charge in [-0.25, -0.2) is 5.10 Å². The average Bonchev–Trinajstić information content (AvgIpc) is 2.72. The van der Waals surface area contributed by atoms with E-state index in [1.54, 1.807) is 13.0 Å². The van der Waals surface area contributed by atoms with E-state index in [2.05, 4.69) is 25.3 Å². The minimum atomic E-state index is -4.50. The van der Waals surface area contributed by atoms with Crippen molar-refractivity contribution in [2.75, 3.05) is 50.2 Å². The molecular weight excluding hydrogens is 421 g/mol. The van der Waals surface area contributed by atoms with Gasteiger partial charge in [-0.15, -0.1) is 0 Å². The zero-order valence-corrected chi connectivity index (χ0v) is 18.4. The highest BCUT2D eigenvalue weighted by Gasteiger charge is 2.31. The van der Waals surface area contributed by atoms with Crippen LogP contribution in [-0.2, 0) is 6.18 Å². The molecule has 0 amide bonds. The maximum Gasteiger partial charge on any atom is 0.416 e. The Morgan fingerprint density at radius 2 is 1.81 bits per heavy atom. The van der Waals surface area contributed by atoms with Crippen LogP contribution in [0, 0.1) is 0 Å². The molecule has 0 bridgehead atoms. The van der Waals surface area contributed by atoms with Gasteiger partial charge >= 0.3 is 6.18 Å². The number of benzene rings is 2. The Balaban J connectivity index is 1.96. The molecule has 0 saturated heterocycles. The predicted molar refractivity (Wildman–Crippen MR) is 122 cm³/mol. The Morgan fingerprint density at radius 3 is 2.47 bits per heavy atom. The molecule has 3 aromatic rings. The van der Waals surface area contributed by atoms with E-state index >= 15 is 0 Å². The second-order valence-electron chi connectivity index (χ2n) is 8.11. The molecule has 1 heterocycles. The summed E-state index contributed by atoms with van der Waals surface area (Å²) in [7, 11) is 5.93. The predicted octanol–water partition coefficient (Wildman–Crippen LogP) is 3.70. The Morgan fingerprint density at radius 1 is 1.09 bits per heavy atom. The molecule has 0 radical (unpaired) electrons. The summed E-state index contributed by atoms with van der Waals surface area (Å²) in [6.07, 6.45) is -4.50. The Bertz CT molecular complexity index is 1160. The van der Waals surface area contributed by atoms with Gasteiger partial charge in [-0.2, -0.15) is 18.3 Å². The summed E-state index contributed by atoms with van der Waals surface area (Å²) in [5.74, 6) is 0.367. The molecule has 0 fully saturated rings. The maximum atomic E-state index is 13.2. The Hall–Kier alpha value is -3.27. The van der Waals surface area contributed by atoms with Crippen molar-refractivity contribution in [2.24, 2.45) is 0 Å². The highest BCUT2D eigenvalue weighted by atomic mass is 19.4. The summed E-state index contributed by atoms with van der Waals surface area (Å²) in [6.45, 7) is 3.33. The van der Waals surface area contributed by atoms with Crippen molar-refractivity contribution in [1.29, 1.82) is 0 Å². The van der Waals surface area contributed by atoms with E-state index < -0.39 is 17.8 Å². The SMILES string of the molecule is C[C@@H](Nc1n[nH]c(=O)c2ccc(N(C)CCN(C)C)cc12)c1cc(N)cc(C(F)(F)F)c1. The number of nitrogen functional groups attached to an aromatic ring is 1. The van der Waals surface area contributed by atoms with Crippen LogP contribution >= 0.6 is 0 Å². The van der Waals surface area contributed by atoms with Crippen molar-refractivity contribution in [3.63, 3.8) is 0 Å². The minimum absolute atomic E-state index is 0.0209. The van der Waals surface area contributed by atoms with E-state index in [1.807, 2.05) is 33.3 Å². The number of rotatable bonds is 7. The number of anilines is 3. The van der Waals surface area contributed by atoms with Crippen LogP contribution in [0.1, 0.15) is 24.1 Å². The lowest BCUT2D eigenvalue weighted by Gasteiger charge is -2.22. The van der Waals surface area contributed by atoms with Crippen LogP contribution in [0.5, 0.6) is 0 Å². The summed E-state index contributed by atoms with van der Waals surface area (Å²) in [6, 6.07) is 8.33. The average molecular weight is 448 g/mol. The fraction of sp³-hybridized carbons (Fsp3) is 0.364. The van der Waals surface area contributed by atoms with Crippen molar-refractivity contribution in [1.82, 2.24) is 15.1 Å². The number of nitrogens with two attached hydrogens (primary N) is 1. The summed E-state index contributed by atoms with van der Waals surface area (Å²) in [5.41, 5.74) is 5.82. The summed E-state index contributed by atoms with van der Waals surface area (Å²) in [5, 5.41) is 10.7. The number of aromatic amines is 1. The monoisotopic (exact) mass is 448 g/mol. The first-order valence-corrected chi connectivity index (χ1v) is 10.1. The molecule has 172 valence electrons. The quantitative estimate of drug-likeness (QED) is 0.478. The first-order valence-electron chi connectivity index (χ1n) is 10.1. The maximum absolute atomic E-state index is 13.2. The lowest BCUT2D eigenvalue weighted by atomic mass is 10.0. The zero-order chi connectivity index (χ0) is 23.6. The van der Waals surface area contributed by atoms with Crippen LogP contribution in [0.4, 0.5) is 30.4 Å². The van der Waals surface area contributed by atoms with Crippen molar-refractivity contribution < 1.29 is 13.2 Å². The number of fused-ring (bicyclic) bond motifs is 1. The largest absolute Gasteiger partial charge is 0.416 e. The fourth-order valence-corrected chi connectivity index (χ4v) is 3.36. The van der Waals surface area contributed by atoms with Gasteiger partial charge in [0.25, 0.3) is 5.56 Å². The zero-order valence-electron chi connectivity index (χ0n) is 18.4. The van der Waals surface area contributed by atoms with Crippen molar-refractivity contribution in [3.05, 3.63) is 57.9 Å². The number of aromatic nitrogens is 2. The number of nitrogens with zero attached hydrogens (tertiary/aromatic N) is 3. The van der Waals surface area contributed by atoms with Crippen LogP contribution in [0.15, 0.2) is 41.2 Å². The molecule has 7 nitrogen and oxygen atoms in total. The van der Waals surface area contributed by atoms with Gasteiger partial charge in [0.1, 0.15) is 0 Å². The molecule has 32 heavy (non-hydrogen) atoms. The molecule has 0 aliphatic carbocycles. The smallest absolute Gasteiger partial charge is 0.399 e. The van der Waals surface area contributed by atoms with E-state index in [9.17, 15) is 18.0 Å². The molecule has 2 aromatic carbocycles. The van der Waals surface area contributed by atoms with Gasteiger partial charge in [0, 0.05) is 36.9 Å². The molecule has 1 aromatic heterocycles. The first kappa shape index (κ1) is 23.4. The Labute approximate surface area is 184 Å². The van der Waals surface area contributed by atoms with Crippen molar-refractivity contribution in [3.8, 4) is 0 Å². The van der Waals surface area contributed by atoms with Gasteiger partial charge in [-0.05, 0) is 63.0 Å².